The molecule has 2 amide bonds. The summed E-state index contributed by atoms with van der Waals surface area (Å²) in [7, 11) is 2.02. The van der Waals surface area contributed by atoms with Crippen LogP contribution in [0.5, 0.6) is 0 Å². The number of quaternary nitrogens is 1. The van der Waals surface area contributed by atoms with Crippen molar-refractivity contribution in [3.8, 4) is 0 Å². The van der Waals surface area contributed by atoms with Crippen LogP contribution in [0.15, 0.2) is 85.1 Å². The number of amides is 2. The second-order valence-electron chi connectivity index (χ2n) is 13.2. The number of rotatable bonds is 16. The van der Waals surface area contributed by atoms with Gasteiger partial charge in [-0.05, 0) is 54.8 Å². The van der Waals surface area contributed by atoms with Crippen molar-refractivity contribution in [3.63, 3.8) is 0 Å². The van der Waals surface area contributed by atoms with Crippen LogP contribution < -0.4 is 32.4 Å². The largest absolute Gasteiger partial charge is 0.416 e. The van der Waals surface area contributed by atoms with E-state index in [1.807, 2.05) is 13.1 Å². The SMILES string of the molecule is C[N+](CCN)(CCN)CCCC(N)C(=O)N[C@@H](Cc1ccc(C(F)(F)F)cc1)C(=O)Nc1cc2ccccc2[n+](Cc2ccc(C(F)(F)F)cc2)c1. The molecule has 0 bridgehead atoms. The highest BCUT2D eigenvalue weighted by atomic mass is 19.4. The number of nitrogens with two attached hydrogens (primary N) is 3. The number of nitrogens with zero attached hydrogens (tertiary/aromatic N) is 2. The molecule has 0 spiro atoms. The van der Waals surface area contributed by atoms with Gasteiger partial charge in [-0.3, -0.25) is 9.59 Å². The van der Waals surface area contributed by atoms with E-state index < -0.39 is 47.4 Å². The number of fused-ring (bicyclic) bond motifs is 1. The van der Waals surface area contributed by atoms with Crippen LogP contribution in [0.4, 0.5) is 32.0 Å². The molecule has 9 nitrogen and oxygen atoms in total. The molecule has 0 radical (unpaired) electrons. The second-order valence-corrected chi connectivity index (χ2v) is 13.2. The highest BCUT2D eigenvalue weighted by molar-refractivity contribution is 5.98. The van der Waals surface area contributed by atoms with Gasteiger partial charge in [0.25, 0.3) is 0 Å². The van der Waals surface area contributed by atoms with E-state index in [4.69, 9.17) is 17.2 Å². The monoisotopic (exact) mass is 733 g/mol. The maximum Gasteiger partial charge on any atom is 0.416 e. The zero-order chi connectivity index (χ0) is 38.1. The third-order valence-corrected chi connectivity index (χ3v) is 9.00. The van der Waals surface area contributed by atoms with Gasteiger partial charge < -0.3 is 32.3 Å². The molecule has 4 rings (SSSR count). The summed E-state index contributed by atoms with van der Waals surface area (Å²) in [5.74, 6) is -1.25. The van der Waals surface area contributed by atoms with E-state index >= 15 is 0 Å². The zero-order valence-corrected chi connectivity index (χ0v) is 28.8. The molecule has 15 heteroatoms. The van der Waals surface area contributed by atoms with Gasteiger partial charge in [-0.2, -0.15) is 30.9 Å². The van der Waals surface area contributed by atoms with Gasteiger partial charge in [-0.1, -0.05) is 36.4 Å². The highest BCUT2D eigenvalue weighted by Crippen LogP contribution is 2.30. The zero-order valence-electron chi connectivity index (χ0n) is 28.8. The summed E-state index contributed by atoms with van der Waals surface area (Å²) in [6, 6.07) is 15.8. The fraction of sp³-hybridized carbons (Fsp3) is 0.378. The molecule has 280 valence electrons. The van der Waals surface area contributed by atoms with Gasteiger partial charge in [0.15, 0.2) is 12.7 Å². The first-order valence-corrected chi connectivity index (χ1v) is 16.9. The number of alkyl halides is 6. The fourth-order valence-electron chi connectivity index (χ4n) is 6.07. The number of likely N-dealkylation sites (N-methyl/N-ethyl adjacent to an activating group) is 1. The predicted octanol–water partition coefficient (Wildman–Crippen LogP) is 4.35. The summed E-state index contributed by atoms with van der Waals surface area (Å²) in [5, 5.41) is 6.22. The maximum absolute atomic E-state index is 13.8. The Morgan fingerprint density at radius 2 is 1.35 bits per heavy atom. The smallest absolute Gasteiger partial charge is 0.343 e. The van der Waals surface area contributed by atoms with Crippen molar-refractivity contribution >= 4 is 28.4 Å². The average Bonchev–Trinajstić information content (AvgIpc) is 3.07. The Hall–Kier alpha value is -4.57. The Morgan fingerprint density at radius 1 is 0.788 bits per heavy atom. The molecule has 3 aromatic carbocycles. The van der Waals surface area contributed by atoms with Crippen LogP contribution in [-0.4, -0.2) is 68.2 Å². The third-order valence-electron chi connectivity index (χ3n) is 9.00. The molecule has 0 aliphatic heterocycles. The molecule has 0 aliphatic rings. The number of halogens is 6. The van der Waals surface area contributed by atoms with Crippen LogP contribution in [0.3, 0.4) is 0 Å². The number of pyridine rings is 1. The molecular weight excluding hydrogens is 688 g/mol. The van der Waals surface area contributed by atoms with Gasteiger partial charge in [0, 0.05) is 36.5 Å². The molecule has 0 saturated carbocycles. The maximum atomic E-state index is 13.8. The van der Waals surface area contributed by atoms with E-state index in [0.29, 0.717) is 72.2 Å². The Morgan fingerprint density at radius 3 is 1.90 bits per heavy atom. The molecule has 52 heavy (non-hydrogen) atoms. The number of aromatic nitrogens is 1. The van der Waals surface area contributed by atoms with Crippen LogP contribution in [0, 0.1) is 0 Å². The molecule has 2 atom stereocenters. The van der Waals surface area contributed by atoms with Crippen molar-refractivity contribution in [1.29, 1.82) is 0 Å². The molecule has 4 aromatic rings. The summed E-state index contributed by atoms with van der Waals surface area (Å²) in [5.41, 5.74) is 18.2. The number of nitrogens with one attached hydrogen (secondary N) is 2. The molecule has 8 N–H and O–H groups in total. The summed E-state index contributed by atoms with van der Waals surface area (Å²) >= 11 is 0. The molecule has 0 fully saturated rings. The van der Waals surface area contributed by atoms with Crippen LogP contribution >= 0.6 is 0 Å². The Labute approximate surface area is 298 Å². The lowest BCUT2D eigenvalue weighted by atomic mass is 10.0. The minimum atomic E-state index is -4.55. The fourth-order valence-corrected chi connectivity index (χ4v) is 6.07. The van der Waals surface area contributed by atoms with Crippen molar-refractivity contribution in [1.82, 2.24) is 5.32 Å². The number of para-hydroxylation sites is 1. The first kappa shape index (κ1) is 40.2. The first-order valence-electron chi connectivity index (χ1n) is 16.9. The first-order chi connectivity index (χ1) is 24.5. The van der Waals surface area contributed by atoms with Crippen molar-refractivity contribution < 1.29 is 45.0 Å². The quantitative estimate of drug-likeness (QED) is 0.0663. The van der Waals surface area contributed by atoms with E-state index in [2.05, 4.69) is 10.6 Å². The van der Waals surface area contributed by atoms with Crippen molar-refractivity contribution in [3.05, 3.63) is 107 Å². The van der Waals surface area contributed by atoms with Crippen LogP contribution in [0.1, 0.15) is 35.1 Å². The molecule has 1 unspecified atom stereocenters. The lowest BCUT2D eigenvalue weighted by Crippen LogP contribution is -2.52. The van der Waals surface area contributed by atoms with Gasteiger partial charge in [-0.25, -0.2) is 0 Å². The number of anilines is 1. The number of hydrogen-bond acceptors (Lipinski definition) is 5. The van der Waals surface area contributed by atoms with E-state index in [1.165, 1.54) is 24.3 Å². The van der Waals surface area contributed by atoms with Gasteiger partial charge in [0.2, 0.25) is 17.3 Å². The average molecular weight is 734 g/mol. The van der Waals surface area contributed by atoms with E-state index in [9.17, 15) is 35.9 Å². The summed E-state index contributed by atoms with van der Waals surface area (Å²) in [6.45, 7) is 3.20. The van der Waals surface area contributed by atoms with Gasteiger partial charge in [-0.15, -0.1) is 0 Å². The number of hydrogen-bond donors (Lipinski definition) is 5. The van der Waals surface area contributed by atoms with Gasteiger partial charge in [0.1, 0.15) is 11.7 Å². The second kappa shape index (κ2) is 17.3. The van der Waals surface area contributed by atoms with Crippen LogP contribution in [0.2, 0.25) is 0 Å². The lowest BCUT2D eigenvalue weighted by Gasteiger charge is -2.34. The van der Waals surface area contributed by atoms with Gasteiger partial charge >= 0.3 is 12.4 Å². The van der Waals surface area contributed by atoms with Crippen molar-refractivity contribution in [2.75, 3.05) is 45.1 Å². The molecule has 1 aromatic heterocycles. The molecule has 1 heterocycles. The standard InChI is InChI=1S/C37H43F6N7O2/c1-50(19-16-44,20-17-45)18-4-6-31(46)34(51)48-32(21-25-8-12-28(13-9-25)36(38,39)40)35(52)47-30-22-27-5-2-3-7-33(27)49(24-30)23-26-10-14-29(15-11-26)37(41,42)43/h2-3,5,7-15,22,24,31-32H,4,6,16-21,23,44-46H2,1H3/p+2/t31?,32-/m0/s1. The summed E-state index contributed by atoms with van der Waals surface area (Å²) < 4.78 is 81.5. The third kappa shape index (κ3) is 11.2. The van der Waals surface area contributed by atoms with E-state index in [-0.39, 0.29) is 13.0 Å². The lowest BCUT2D eigenvalue weighted by molar-refractivity contribution is -0.907. The number of benzene rings is 3. The summed E-state index contributed by atoms with van der Waals surface area (Å²) in [4.78, 5) is 27.2. The number of carbonyl (C=O) groups is 2. The van der Waals surface area contributed by atoms with Crippen LogP contribution in [0.25, 0.3) is 10.9 Å². The Kier molecular flexibility index (Phi) is 13.4. The van der Waals surface area contributed by atoms with Crippen molar-refractivity contribution in [2.24, 2.45) is 17.2 Å². The number of carbonyl (C=O) groups excluding carboxylic acids is 2. The predicted molar refractivity (Wildman–Crippen MR) is 187 cm³/mol. The van der Waals surface area contributed by atoms with Crippen molar-refractivity contribution in [2.45, 2.75) is 50.2 Å². The molecular formula is C37H45F6N7O2+2. The Bertz CT molecular complexity index is 1790. The van der Waals surface area contributed by atoms with Gasteiger partial charge in [0.05, 0.1) is 43.9 Å². The summed E-state index contributed by atoms with van der Waals surface area (Å²) in [6.07, 6.45) is -6.66. The minimum absolute atomic E-state index is 0.135. The topological polar surface area (TPSA) is 140 Å². The molecule has 0 aliphatic carbocycles. The Balaban J connectivity index is 1.56. The highest BCUT2D eigenvalue weighted by Gasteiger charge is 2.32. The van der Waals surface area contributed by atoms with E-state index in [0.717, 1.165) is 29.8 Å². The molecule has 0 saturated heterocycles. The van der Waals surface area contributed by atoms with Crippen LogP contribution in [-0.2, 0) is 34.9 Å². The van der Waals surface area contributed by atoms with E-state index in [1.54, 1.807) is 35.0 Å². The normalized spacial score (nSPS) is 13.5. The minimum Gasteiger partial charge on any atom is -0.343 e.